The number of ether oxygens (including phenoxy) is 2. The zero-order chi connectivity index (χ0) is 22.9. The van der Waals surface area contributed by atoms with Crippen molar-refractivity contribution >= 4 is 40.3 Å². The molecule has 3 atom stereocenters. The summed E-state index contributed by atoms with van der Waals surface area (Å²) in [6.07, 6.45) is -6.32. The van der Waals surface area contributed by atoms with Crippen LogP contribution >= 0.6 is 11.6 Å². The van der Waals surface area contributed by atoms with Crippen molar-refractivity contribution in [2.45, 2.75) is 37.6 Å². The number of hydrogen-bond donors (Lipinski definition) is 1. The molecule has 0 radical (unpaired) electrons. The fourth-order valence-electron chi connectivity index (χ4n) is 3.65. The van der Waals surface area contributed by atoms with E-state index in [1.807, 2.05) is 6.07 Å². The Hall–Kier alpha value is -2.88. The molecule has 0 amide bonds. The molecular weight excluding hydrogens is 449 g/mol. The Balaban J connectivity index is 1.77. The molecule has 3 aromatic rings. The SMILES string of the molecule is O=CC1CC(O)C[C@H](N(c2ccc(OC(F)(F)F)cc2)c2ccc3cccc(Cl)c3n2)O1. The topological polar surface area (TPSA) is 71.9 Å². The molecule has 1 aliphatic heterocycles. The molecule has 2 unspecified atom stereocenters. The number of benzene rings is 2. The number of hydrogen-bond acceptors (Lipinski definition) is 6. The van der Waals surface area contributed by atoms with Gasteiger partial charge in [0.1, 0.15) is 30.2 Å². The minimum Gasteiger partial charge on any atom is -0.406 e. The number of nitrogens with zero attached hydrogens (tertiary/aromatic N) is 2. The first-order chi connectivity index (χ1) is 15.2. The predicted molar refractivity (Wildman–Crippen MR) is 112 cm³/mol. The highest BCUT2D eigenvalue weighted by molar-refractivity contribution is 6.35. The van der Waals surface area contributed by atoms with Gasteiger partial charge >= 0.3 is 6.36 Å². The third-order valence-electron chi connectivity index (χ3n) is 5.00. The first-order valence-corrected chi connectivity index (χ1v) is 10.1. The van der Waals surface area contributed by atoms with E-state index in [1.165, 1.54) is 24.3 Å². The van der Waals surface area contributed by atoms with E-state index in [-0.39, 0.29) is 18.6 Å². The van der Waals surface area contributed by atoms with Gasteiger partial charge < -0.3 is 19.4 Å². The van der Waals surface area contributed by atoms with Crippen LogP contribution in [0.2, 0.25) is 5.02 Å². The molecule has 2 heterocycles. The maximum absolute atomic E-state index is 12.5. The lowest BCUT2D eigenvalue weighted by Crippen LogP contribution is -2.45. The summed E-state index contributed by atoms with van der Waals surface area (Å²) in [6, 6.07) is 14.0. The molecule has 168 valence electrons. The second-order valence-corrected chi connectivity index (χ2v) is 7.69. The molecule has 6 nitrogen and oxygen atoms in total. The van der Waals surface area contributed by atoms with E-state index in [4.69, 9.17) is 16.3 Å². The molecule has 10 heteroatoms. The van der Waals surface area contributed by atoms with E-state index in [1.54, 1.807) is 29.2 Å². The first-order valence-electron chi connectivity index (χ1n) is 9.72. The molecule has 4 rings (SSSR count). The van der Waals surface area contributed by atoms with Crippen LogP contribution in [0.15, 0.2) is 54.6 Å². The lowest BCUT2D eigenvalue weighted by atomic mass is 10.0. The standard InChI is InChI=1S/C22H18ClF3N2O4/c23-18-3-1-2-13-4-9-19(27-21(13)18)28(20-11-15(30)10-17(12-29)31-20)14-5-7-16(8-6-14)32-22(24,25)26/h1-9,12,15,17,20,30H,10-11H2/t15?,17?,20-/m1/s1. The number of aromatic nitrogens is 1. The smallest absolute Gasteiger partial charge is 0.406 e. The highest BCUT2D eigenvalue weighted by Crippen LogP contribution is 2.35. The summed E-state index contributed by atoms with van der Waals surface area (Å²) in [5, 5.41) is 11.5. The summed E-state index contributed by atoms with van der Waals surface area (Å²) in [5.41, 5.74) is 0.958. The molecule has 1 aliphatic rings. The van der Waals surface area contributed by atoms with Crippen LogP contribution in [0.4, 0.5) is 24.7 Å². The van der Waals surface area contributed by atoms with Crippen LogP contribution in [0.5, 0.6) is 5.75 Å². The van der Waals surface area contributed by atoms with Crippen LogP contribution in [-0.2, 0) is 9.53 Å². The van der Waals surface area contributed by atoms with Crippen LogP contribution in [0, 0.1) is 0 Å². The van der Waals surface area contributed by atoms with Crippen molar-refractivity contribution < 1.29 is 32.5 Å². The maximum Gasteiger partial charge on any atom is 0.573 e. The zero-order valence-corrected chi connectivity index (χ0v) is 17.3. The van der Waals surface area contributed by atoms with Crippen LogP contribution in [0.1, 0.15) is 12.8 Å². The molecule has 0 aliphatic carbocycles. The maximum atomic E-state index is 12.5. The van der Waals surface area contributed by atoms with Crippen molar-refractivity contribution in [3.8, 4) is 5.75 Å². The number of aldehydes is 1. The number of alkyl halides is 3. The number of carbonyl (C=O) groups excluding carboxylic acids is 1. The number of rotatable bonds is 5. The third-order valence-corrected chi connectivity index (χ3v) is 5.31. The van der Waals surface area contributed by atoms with Gasteiger partial charge in [0.05, 0.1) is 16.6 Å². The lowest BCUT2D eigenvalue weighted by Gasteiger charge is -2.39. The van der Waals surface area contributed by atoms with Gasteiger partial charge in [0.25, 0.3) is 0 Å². The van der Waals surface area contributed by atoms with Crippen LogP contribution in [0.25, 0.3) is 10.9 Å². The van der Waals surface area contributed by atoms with Gasteiger partial charge in [-0.2, -0.15) is 0 Å². The van der Waals surface area contributed by atoms with Crippen molar-refractivity contribution in [2.24, 2.45) is 0 Å². The molecule has 1 saturated heterocycles. The van der Waals surface area contributed by atoms with Gasteiger partial charge in [-0.05, 0) is 42.5 Å². The summed E-state index contributed by atoms with van der Waals surface area (Å²) in [6.45, 7) is 0. The zero-order valence-electron chi connectivity index (χ0n) is 16.5. The molecule has 0 bridgehead atoms. The molecule has 1 N–H and O–H groups in total. The second kappa shape index (κ2) is 8.93. The van der Waals surface area contributed by atoms with Crippen LogP contribution in [0.3, 0.4) is 0 Å². The first kappa shape index (κ1) is 22.3. The quantitative estimate of drug-likeness (QED) is 0.534. The number of carbonyl (C=O) groups is 1. The normalized spacial score (nSPS) is 21.3. The fourth-order valence-corrected chi connectivity index (χ4v) is 3.88. The van der Waals surface area contributed by atoms with Crippen molar-refractivity contribution in [1.82, 2.24) is 4.98 Å². The van der Waals surface area contributed by atoms with Crippen molar-refractivity contribution in [1.29, 1.82) is 0 Å². The third kappa shape index (κ3) is 4.95. The summed E-state index contributed by atoms with van der Waals surface area (Å²) < 4.78 is 47.4. The molecule has 0 spiro atoms. The van der Waals surface area contributed by atoms with Crippen molar-refractivity contribution in [3.05, 3.63) is 59.6 Å². The number of aliphatic hydroxyl groups is 1. The molecular formula is C22H18ClF3N2O4. The summed E-state index contributed by atoms with van der Waals surface area (Å²) >= 11 is 6.29. The van der Waals surface area contributed by atoms with Gasteiger partial charge in [0, 0.05) is 23.9 Å². The minimum absolute atomic E-state index is 0.156. The predicted octanol–water partition coefficient (Wildman–Crippen LogP) is 4.99. The van der Waals surface area contributed by atoms with E-state index < -0.39 is 24.8 Å². The van der Waals surface area contributed by atoms with E-state index in [9.17, 15) is 23.1 Å². The molecule has 1 aromatic heterocycles. The molecule has 1 fully saturated rings. The van der Waals surface area contributed by atoms with E-state index in [2.05, 4.69) is 9.72 Å². The number of fused-ring (bicyclic) bond motifs is 1. The Labute approximate surface area is 186 Å². The number of para-hydroxylation sites is 1. The largest absolute Gasteiger partial charge is 0.573 e. The summed E-state index contributed by atoms with van der Waals surface area (Å²) in [7, 11) is 0. The van der Waals surface area contributed by atoms with E-state index in [0.717, 1.165) is 5.39 Å². The minimum atomic E-state index is -4.81. The number of halogens is 4. The van der Waals surface area contributed by atoms with Gasteiger partial charge in [-0.25, -0.2) is 4.98 Å². The Morgan fingerprint density at radius 2 is 1.88 bits per heavy atom. The van der Waals surface area contributed by atoms with Gasteiger partial charge in [-0.3, -0.25) is 4.90 Å². The van der Waals surface area contributed by atoms with Gasteiger partial charge in [-0.15, -0.1) is 13.2 Å². The molecule has 32 heavy (non-hydrogen) atoms. The molecule has 2 aromatic carbocycles. The average Bonchev–Trinajstić information content (AvgIpc) is 2.74. The van der Waals surface area contributed by atoms with E-state index >= 15 is 0 Å². The highest BCUT2D eigenvalue weighted by Gasteiger charge is 2.34. The van der Waals surface area contributed by atoms with Gasteiger partial charge in [0.2, 0.25) is 0 Å². The fraction of sp³-hybridized carbons (Fsp3) is 0.273. The number of aliphatic hydroxyl groups excluding tert-OH is 1. The van der Waals surface area contributed by atoms with Gasteiger partial charge in [0.15, 0.2) is 0 Å². The summed E-state index contributed by atoms with van der Waals surface area (Å²) in [4.78, 5) is 17.6. The monoisotopic (exact) mass is 466 g/mol. The second-order valence-electron chi connectivity index (χ2n) is 7.28. The number of pyridine rings is 1. The van der Waals surface area contributed by atoms with Crippen LogP contribution in [-0.4, -0.2) is 41.2 Å². The molecule has 0 saturated carbocycles. The Morgan fingerprint density at radius 1 is 1.12 bits per heavy atom. The Bertz CT molecular complexity index is 1110. The average molecular weight is 467 g/mol. The summed E-state index contributed by atoms with van der Waals surface area (Å²) in [5.74, 6) is 0.00455. The van der Waals surface area contributed by atoms with Gasteiger partial charge in [-0.1, -0.05) is 23.7 Å². The van der Waals surface area contributed by atoms with Crippen molar-refractivity contribution in [2.75, 3.05) is 4.90 Å². The van der Waals surface area contributed by atoms with E-state index in [0.29, 0.717) is 28.3 Å². The highest BCUT2D eigenvalue weighted by atomic mass is 35.5. The lowest BCUT2D eigenvalue weighted by molar-refractivity contribution is -0.274. The Morgan fingerprint density at radius 3 is 2.56 bits per heavy atom. The van der Waals surface area contributed by atoms with Crippen LogP contribution < -0.4 is 9.64 Å². The van der Waals surface area contributed by atoms with Crippen molar-refractivity contribution in [3.63, 3.8) is 0 Å². The Kier molecular flexibility index (Phi) is 6.23. The number of anilines is 2.